The molecule has 5 heteroatoms. The summed E-state index contributed by atoms with van der Waals surface area (Å²) in [6, 6.07) is 30.1. The van der Waals surface area contributed by atoms with Crippen LogP contribution in [-0.2, 0) is 48.6 Å². The highest BCUT2D eigenvalue weighted by atomic mass is 16.5. The van der Waals surface area contributed by atoms with Gasteiger partial charge in [0.05, 0.1) is 6.61 Å². The Labute approximate surface area is 251 Å². The fraction of sp³-hybridized carbons (Fsp3) is 0.324. The van der Waals surface area contributed by atoms with E-state index in [0.717, 1.165) is 36.5 Å². The van der Waals surface area contributed by atoms with Crippen LogP contribution >= 0.6 is 0 Å². The van der Waals surface area contributed by atoms with E-state index in [0.29, 0.717) is 26.4 Å². The van der Waals surface area contributed by atoms with Crippen LogP contribution in [0.25, 0.3) is 0 Å². The minimum Gasteiger partial charge on any atom is -0.489 e. The molecule has 0 atom stereocenters. The topological polar surface area (TPSA) is 54.0 Å². The molecule has 0 aliphatic heterocycles. The second-order valence-electron chi connectivity index (χ2n) is 9.66. The summed E-state index contributed by atoms with van der Waals surface area (Å²) in [6.07, 6.45) is 2.75. The van der Waals surface area contributed by atoms with Gasteiger partial charge in [0.1, 0.15) is 37.1 Å². The van der Waals surface area contributed by atoms with Crippen molar-refractivity contribution < 1.29 is 23.7 Å². The van der Waals surface area contributed by atoms with Crippen molar-refractivity contribution in [1.82, 2.24) is 0 Å². The molecular formula is C37H44O5. The lowest BCUT2D eigenvalue weighted by Gasteiger charge is -2.26. The monoisotopic (exact) mass is 568 g/mol. The van der Waals surface area contributed by atoms with Gasteiger partial charge in [-0.15, -0.1) is 0 Å². The zero-order chi connectivity index (χ0) is 30.2. The Bertz CT molecular complexity index is 1170. The quantitative estimate of drug-likeness (QED) is 0.151. The van der Waals surface area contributed by atoms with Gasteiger partial charge in [-0.3, -0.25) is 4.79 Å². The average molecular weight is 569 g/mol. The summed E-state index contributed by atoms with van der Waals surface area (Å²) >= 11 is 0. The van der Waals surface area contributed by atoms with E-state index < -0.39 is 0 Å². The molecule has 4 aromatic carbocycles. The van der Waals surface area contributed by atoms with E-state index in [-0.39, 0.29) is 5.97 Å². The van der Waals surface area contributed by atoms with E-state index in [2.05, 4.69) is 25.5 Å². The van der Waals surface area contributed by atoms with Crippen molar-refractivity contribution >= 4 is 5.97 Å². The van der Waals surface area contributed by atoms with Gasteiger partial charge in [-0.25, -0.2) is 0 Å². The molecule has 222 valence electrons. The van der Waals surface area contributed by atoms with E-state index in [4.69, 9.17) is 14.2 Å². The van der Waals surface area contributed by atoms with Gasteiger partial charge < -0.3 is 18.9 Å². The maximum Gasteiger partial charge on any atom is 0.302 e. The van der Waals surface area contributed by atoms with Crippen LogP contribution < -0.4 is 14.2 Å². The lowest BCUT2D eigenvalue weighted by atomic mass is 9.84. The summed E-state index contributed by atoms with van der Waals surface area (Å²) in [5.41, 5.74) is 7.79. The van der Waals surface area contributed by atoms with Gasteiger partial charge >= 0.3 is 5.97 Å². The molecule has 0 N–H and O–H groups in total. The molecule has 0 unspecified atom stereocenters. The third-order valence-electron chi connectivity index (χ3n) is 6.97. The van der Waals surface area contributed by atoms with Crippen molar-refractivity contribution in [1.29, 1.82) is 0 Å². The second-order valence-corrected chi connectivity index (χ2v) is 9.66. The Kier molecular flexibility index (Phi) is 13.5. The van der Waals surface area contributed by atoms with Gasteiger partial charge in [0.2, 0.25) is 0 Å². The first-order valence-electron chi connectivity index (χ1n) is 14.9. The van der Waals surface area contributed by atoms with E-state index >= 15 is 0 Å². The van der Waals surface area contributed by atoms with Gasteiger partial charge in [-0.05, 0) is 96.0 Å². The molecular weight excluding hydrogens is 524 g/mol. The van der Waals surface area contributed by atoms with Crippen molar-refractivity contribution in [3.05, 3.63) is 124 Å². The molecule has 0 spiro atoms. The zero-order valence-electron chi connectivity index (χ0n) is 25.7. The molecule has 0 saturated carbocycles. The van der Waals surface area contributed by atoms with Crippen molar-refractivity contribution in [2.45, 2.75) is 73.7 Å². The smallest absolute Gasteiger partial charge is 0.302 e. The molecule has 0 saturated heterocycles. The highest BCUT2D eigenvalue weighted by Gasteiger charge is 2.22. The van der Waals surface area contributed by atoms with Gasteiger partial charge in [0.15, 0.2) is 0 Å². The largest absolute Gasteiger partial charge is 0.489 e. The number of hydrogen-bond acceptors (Lipinski definition) is 5. The molecule has 0 aliphatic carbocycles. The first-order chi connectivity index (χ1) is 20.5. The van der Waals surface area contributed by atoms with Crippen LogP contribution in [0.2, 0.25) is 0 Å². The predicted octanol–water partition coefficient (Wildman–Crippen LogP) is 8.68. The Morgan fingerprint density at radius 2 is 0.762 bits per heavy atom. The third kappa shape index (κ3) is 9.41. The number of para-hydroxylation sites is 3. The van der Waals surface area contributed by atoms with Gasteiger partial charge in [0.25, 0.3) is 0 Å². The highest BCUT2D eigenvalue weighted by molar-refractivity contribution is 5.65. The minimum atomic E-state index is -0.211. The van der Waals surface area contributed by atoms with Crippen LogP contribution in [0, 0.1) is 0 Å². The Hall–Kier alpha value is -4.25. The summed E-state index contributed by atoms with van der Waals surface area (Å²) < 4.78 is 23.3. The number of hydrogen-bond donors (Lipinski definition) is 0. The highest BCUT2D eigenvalue weighted by Crippen LogP contribution is 2.33. The molecule has 5 nitrogen and oxygen atoms in total. The molecule has 4 aromatic rings. The average Bonchev–Trinajstić information content (AvgIpc) is 3.02. The lowest BCUT2D eigenvalue weighted by Crippen LogP contribution is -2.17. The van der Waals surface area contributed by atoms with Crippen LogP contribution in [0.1, 0.15) is 68.0 Å². The summed E-state index contributed by atoms with van der Waals surface area (Å²) in [5.74, 6) is 2.43. The molecule has 0 aromatic heterocycles. The van der Waals surface area contributed by atoms with E-state index in [9.17, 15) is 4.79 Å². The minimum absolute atomic E-state index is 0.211. The summed E-state index contributed by atoms with van der Waals surface area (Å²) in [7, 11) is 0. The Morgan fingerprint density at radius 3 is 0.952 bits per heavy atom. The van der Waals surface area contributed by atoms with E-state index in [1.807, 2.05) is 91.0 Å². The van der Waals surface area contributed by atoms with Crippen LogP contribution in [0.5, 0.6) is 17.2 Å². The molecule has 0 bridgehead atoms. The molecule has 4 rings (SSSR count). The summed E-state index contributed by atoms with van der Waals surface area (Å²) in [6.45, 7) is 11.9. The molecule has 0 radical (unpaired) electrons. The van der Waals surface area contributed by atoms with Crippen molar-refractivity contribution in [3.8, 4) is 17.2 Å². The molecule has 0 heterocycles. The molecule has 42 heavy (non-hydrogen) atoms. The van der Waals surface area contributed by atoms with E-state index in [1.54, 1.807) is 6.92 Å². The number of carbonyl (C=O) groups is 1. The first kappa shape index (κ1) is 32.3. The fourth-order valence-electron chi connectivity index (χ4n) is 5.12. The number of benzene rings is 4. The number of carbonyl (C=O) groups excluding carboxylic acids is 1. The Balaban J connectivity index is 0.000000730. The fourth-order valence-corrected chi connectivity index (χ4v) is 5.12. The first-order valence-corrected chi connectivity index (χ1v) is 14.9. The van der Waals surface area contributed by atoms with Crippen LogP contribution in [0.15, 0.2) is 91.0 Å². The Morgan fingerprint density at radius 1 is 0.476 bits per heavy atom. The maximum atomic E-state index is 9.82. The number of esters is 1. The normalized spacial score (nSPS) is 10.3. The molecule has 0 amide bonds. The van der Waals surface area contributed by atoms with Crippen LogP contribution in [0.3, 0.4) is 0 Å². The summed E-state index contributed by atoms with van der Waals surface area (Å²) in [4.78, 5) is 9.82. The van der Waals surface area contributed by atoms with Crippen molar-refractivity contribution in [3.63, 3.8) is 0 Å². The maximum absolute atomic E-state index is 9.82. The van der Waals surface area contributed by atoms with Crippen LogP contribution in [0.4, 0.5) is 0 Å². The van der Waals surface area contributed by atoms with Gasteiger partial charge in [0, 0.05) is 6.92 Å². The summed E-state index contributed by atoms with van der Waals surface area (Å²) in [5, 5.41) is 0. The van der Waals surface area contributed by atoms with Gasteiger partial charge in [-0.2, -0.15) is 0 Å². The van der Waals surface area contributed by atoms with Crippen molar-refractivity contribution in [2.75, 3.05) is 6.61 Å². The molecule has 0 aliphatic rings. The number of rotatable bonds is 13. The zero-order valence-corrected chi connectivity index (χ0v) is 25.7. The van der Waals surface area contributed by atoms with E-state index in [1.165, 1.54) is 40.3 Å². The molecule has 0 fully saturated rings. The second kappa shape index (κ2) is 17.5. The lowest BCUT2D eigenvalue weighted by molar-refractivity contribution is -0.140. The predicted molar refractivity (Wildman–Crippen MR) is 169 cm³/mol. The van der Waals surface area contributed by atoms with Gasteiger partial charge in [-0.1, -0.05) is 75.4 Å². The van der Waals surface area contributed by atoms with Crippen molar-refractivity contribution in [2.24, 2.45) is 0 Å². The standard InChI is InChI=1S/C33H36O3.C4H8O2/c1-4-28-31(22-34-25-16-10-7-11-17-25)29(5-2)33(24-36-27-20-14-9-15-21-27)30(6-3)32(28)23-35-26-18-12-8-13-19-26;1-3-6-4(2)5/h7-21H,4-6,22-24H2,1-3H3;3H2,1-2H3. The van der Waals surface area contributed by atoms with Crippen LogP contribution in [-0.4, -0.2) is 12.6 Å². The number of ether oxygens (including phenoxy) is 4. The third-order valence-corrected chi connectivity index (χ3v) is 6.97. The SMILES string of the molecule is CCOC(C)=O.CCc1c(COc2ccccc2)c(CC)c(COc2ccccc2)c(CC)c1COc1ccccc1.